The van der Waals surface area contributed by atoms with Crippen molar-refractivity contribution in [2.45, 2.75) is 70.5 Å². The van der Waals surface area contributed by atoms with E-state index in [0.29, 0.717) is 11.8 Å². The third kappa shape index (κ3) is 3.34. The van der Waals surface area contributed by atoms with Crippen LogP contribution in [0.5, 0.6) is 0 Å². The first-order chi connectivity index (χ1) is 14.0. The minimum Gasteiger partial charge on any atom is -0.339 e. The zero-order chi connectivity index (χ0) is 20.1. The van der Waals surface area contributed by atoms with Gasteiger partial charge in [0, 0.05) is 17.5 Å². The third-order valence-electron chi connectivity index (χ3n) is 6.39. The summed E-state index contributed by atoms with van der Waals surface area (Å²) in [6, 6.07) is 0.342. The lowest BCUT2D eigenvalue weighted by molar-refractivity contribution is -0.131. The Kier molecular flexibility index (Phi) is 5.02. The molecule has 0 N–H and O–H groups in total. The van der Waals surface area contributed by atoms with E-state index < -0.39 is 0 Å². The fourth-order valence-electron chi connectivity index (χ4n) is 4.74. The molecule has 154 valence electrons. The molecule has 6 nitrogen and oxygen atoms in total. The molecular weight excluding hydrogens is 402 g/mol. The highest BCUT2D eigenvalue weighted by molar-refractivity contribution is 7.99. The van der Waals surface area contributed by atoms with Gasteiger partial charge in [-0.25, -0.2) is 4.98 Å². The molecule has 2 atom stereocenters. The normalized spacial score (nSPS) is 22.4. The molecule has 1 fully saturated rings. The summed E-state index contributed by atoms with van der Waals surface area (Å²) in [5.74, 6) is 2.24. The summed E-state index contributed by atoms with van der Waals surface area (Å²) in [6.07, 6.45) is 6.89. The maximum absolute atomic E-state index is 12.8. The molecule has 1 amide bonds. The molecule has 0 unspecified atom stereocenters. The van der Waals surface area contributed by atoms with Crippen molar-refractivity contribution in [1.82, 2.24) is 24.5 Å². The van der Waals surface area contributed by atoms with E-state index in [1.807, 2.05) is 27.6 Å². The molecule has 8 heteroatoms. The van der Waals surface area contributed by atoms with Crippen molar-refractivity contribution in [2.75, 3.05) is 12.3 Å². The number of fused-ring (bicyclic) bond motifs is 5. The van der Waals surface area contributed by atoms with Gasteiger partial charge in [-0.3, -0.25) is 9.20 Å². The van der Waals surface area contributed by atoms with Gasteiger partial charge in [0.1, 0.15) is 10.7 Å². The summed E-state index contributed by atoms with van der Waals surface area (Å²) >= 11 is 3.30. The van der Waals surface area contributed by atoms with Crippen molar-refractivity contribution in [3.8, 4) is 0 Å². The van der Waals surface area contributed by atoms with Crippen LogP contribution in [0.15, 0.2) is 5.16 Å². The van der Waals surface area contributed by atoms with E-state index in [0.717, 1.165) is 59.6 Å². The van der Waals surface area contributed by atoms with Gasteiger partial charge in [-0.2, -0.15) is 0 Å². The van der Waals surface area contributed by atoms with E-state index in [-0.39, 0.29) is 5.91 Å². The predicted molar refractivity (Wildman–Crippen MR) is 118 cm³/mol. The van der Waals surface area contributed by atoms with Crippen molar-refractivity contribution in [3.63, 3.8) is 0 Å². The van der Waals surface area contributed by atoms with Crippen molar-refractivity contribution < 1.29 is 4.79 Å². The Hall–Kier alpha value is -1.67. The first-order valence-electron chi connectivity index (χ1n) is 10.6. The molecule has 2 aliphatic rings. The Morgan fingerprint density at radius 1 is 1.24 bits per heavy atom. The van der Waals surface area contributed by atoms with E-state index in [1.165, 1.54) is 40.4 Å². The highest BCUT2D eigenvalue weighted by Crippen LogP contribution is 2.39. The molecule has 3 aromatic heterocycles. The van der Waals surface area contributed by atoms with E-state index in [2.05, 4.69) is 24.0 Å². The molecule has 0 bridgehead atoms. The largest absolute Gasteiger partial charge is 0.339 e. The van der Waals surface area contributed by atoms with Crippen LogP contribution in [0, 0.1) is 12.8 Å². The van der Waals surface area contributed by atoms with Gasteiger partial charge in [-0.1, -0.05) is 18.7 Å². The van der Waals surface area contributed by atoms with Crippen LogP contribution in [0.1, 0.15) is 55.8 Å². The third-order valence-corrected chi connectivity index (χ3v) is 8.45. The van der Waals surface area contributed by atoms with Crippen LogP contribution in [0.3, 0.4) is 0 Å². The lowest BCUT2D eigenvalue weighted by Crippen LogP contribution is -2.42. The van der Waals surface area contributed by atoms with Crippen molar-refractivity contribution in [2.24, 2.45) is 5.92 Å². The molecule has 3 aromatic rings. The first kappa shape index (κ1) is 19.3. The van der Waals surface area contributed by atoms with E-state index in [1.54, 1.807) is 0 Å². The number of carbonyl (C=O) groups excluding carboxylic acids is 1. The van der Waals surface area contributed by atoms with Crippen molar-refractivity contribution in [3.05, 3.63) is 16.3 Å². The van der Waals surface area contributed by atoms with Gasteiger partial charge < -0.3 is 4.90 Å². The number of hydrogen-bond donors (Lipinski definition) is 0. The summed E-state index contributed by atoms with van der Waals surface area (Å²) in [7, 11) is 0. The summed E-state index contributed by atoms with van der Waals surface area (Å²) in [6.45, 7) is 7.37. The number of thioether (sulfide) groups is 1. The molecule has 0 spiro atoms. The van der Waals surface area contributed by atoms with Crippen LogP contribution < -0.4 is 0 Å². The van der Waals surface area contributed by atoms with Gasteiger partial charge in [-0.15, -0.1) is 21.5 Å². The fraction of sp³-hybridized carbons (Fsp3) is 0.619. The van der Waals surface area contributed by atoms with Crippen LogP contribution in [0.4, 0.5) is 0 Å². The number of hydrogen-bond acceptors (Lipinski definition) is 6. The van der Waals surface area contributed by atoms with Crippen LogP contribution in [0.2, 0.25) is 0 Å². The quantitative estimate of drug-likeness (QED) is 0.582. The topological polar surface area (TPSA) is 63.4 Å². The Bertz CT molecular complexity index is 1090. The molecular formula is C21H27N5OS2. The zero-order valence-corrected chi connectivity index (χ0v) is 18.9. The maximum atomic E-state index is 12.8. The maximum Gasteiger partial charge on any atom is 0.233 e. The lowest BCUT2D eigenvalue weighted by Gasteiger charge is -2.33. The lowest BCUT2D eigenvalue weighted by atomic mass is 9.89. The number of likely N-dealkylation sites (tertiary alicyclic amines) is 1. The second-order valence-electron chi connectivity index (χ2n) is 8.55. The molecule has 0 radical (unpaired) electrons. The highest BCUT2D eigenvalue weighted by Gasteiger charge is 2.26. The van der Waals surface area contributed by atoms with Crippen molar-refractivity contribution in [1.29, 1.82) is 0 Å². The number of piperidine rings is 1. The average Bonchev–Trinajstić information content (AvgIpc) is 3.27. The van der Waals surface area contributed by atoms with E-state index in [4.69, 9.17) is 4.98 Å². The monoisotopic (exact) mass is 429 g/mol. The van der Waals surface area contributed by atoms with Crippen molar-refractivity contribution >= 4 is 44.9 Å². The molecule has 1 aliphatic heterocycles. The standard InChI is InChI=1S/C21H27N5OS2/c1-12-7-8-15-16(10-12)29-20-18(15)19-23-24-21(26(19)14(3)22-20)28-11-17(27)25-9-5-4-6-13(25)2/h12-13H,4-11H2,1-3H3/t12-,13+/m1/s1. The van der Waals surface area contributed by atoms with Crippen LogP contribution in [0.25, 0.3) is 15.9 Å². The van der Waals surface area contributed by atoms with Gasteiger partial charge in [-0.05, 0) is 63.9 Å². The van der Waals surface area contributed by atoms with Gasteiger partial charge in [0.15, 0.2) is 10.8 Å². The summed E-state index contributed by atoms with van der Waals surface area (Å²) in [4.78, 5) is 22.2. The molecule has 29 heavy (non-hydrogen) atoms. The van der Waals surface area contributed by atoms with Crippen LogP contribution in [-0.4, -0.2) is 48.7 Å². The smallest absolute Gasteiger partial charge is 0.233 e. The zero-order valence-electron chi connectivity index (χ0n) is 17.3. The number of carbonyl (C=O) groups is 1. The van der Waals surface area contributed by atoms with Gasteiger partial charge >= 0.3 is 0 Å². The molecule has 4 heterocycles. The molecule has 1 saturated heterocycles. The molecule has 1 aliphatic carbocycles. The van der Waals surface area contributed by atoms with Crippen LogP contribution >= 0.6 is 23.1 Å². The second kappa shape index (κ2) is 7.54. The fourth-order valence-corrected chi connectivity index (χ4v) is 7.03. The number of aryl methyl sites for hydroxylation is 2. The Balaban J connectivity index is 1.46. The Morgan fingerprint density at radius 3 is 2.93 bits per heavy atom. The summed E-state index contributed by atoms with van der Waals surface area (Å²) in [5, 5.41) is 11.0. The van der Waals surface area contributed by atoms with Gasteiger partial charge in [0.25, 0.3) is 0 Å². The summed E-state index contributed by atoms with van der Waals surface area (Å²) in [5.41, 5.74) is 2.32. The minimum atomic E-state index is 0.201. The number of amides is 1. The molecule has 5 rings (SSSR count). The average molecular weight is 430 g/mol. The Labute approximate surface area is 179 Å². The number of nitrogens with zero attached hydrogens (tertiary/aromatic N) is 5. The van der Waals surface area contributed by atoms with Crippen LogP contribution in [-0.2, 0) is 17.6 Å². The minimum absolute atomic E-state index is 0.201. The first-order valence-corrected chi connectivity index (χ1v) is 12.4. The Morgan fingerprint density at radius 2 is 2.10 bits per heavy atom. The second-order valence-corrected chi connectivity index (χ2v) is 10.6. The summed E-state index contributed by atoms with van der Waals surface area (Å²) < 4.78 is 2.05. The molecule has 0 saturated carbocycles. The van der Waals surface area contributed by atoms with Gasteiger partial charge in [0.05, 0.1) is 11.1 Å². The molecule has 0 aromatic carbocycles. The number of rotatable bonds is 3. The highest BCUT2D eigenvalue weighted by atomic mass is 32.2. The predicted octanol–water partition coefficient (Wildman–Crippen LogP) is 4.27. The van der Waals surface area contributed by atoms with E-state index in [9.17, 15) is 4.79 Å². The van der Waals surface area contributed by atoms with E-state index >= 15 is 0 Å². The van der Waals surface area contributed by atoms with Gasteiger partial charge in [0.2, 0.25) is 5.91 Å². The number of aromatic nitrogens is 4. The number of thiophene rings is 1. The SMILES string of the molecule is Cc1nc2sc3c(c2c2nnc(SCC(=O)N4CCCC[C@@H]4C)n12)CC[C@@H](C)C3.